The molecular weight excluding hydrogens is 368 g/mol. The van der Waals surface area contributed by atoms with E-state index in [1.807, 2.05) is 18.7 Å². The molecule has 1 amide bonds. The topological polar surface area (TPSA) is 99.1 Å². The summed E-state index contributed by atoms with van der Waals surface area (Å²) in [6.45, 7) is 1.44. The van der Waals surface area contributed by atoms with Gasteiger partial charge < -0.3 is 24.9 Å². The number of carbonyl (C=O) groups is 1. The van der Waals surface area contributed by atoms with Crippen LogP contribution in [0.3, 0.4) is 0 Å². The second-order valence-corrected chi connectivity index (χ2v) is 8.42. The van der Waals surface area contributed by atoms with Gasteiger partial charge in [0.1, 0.15) is 11.2 Å². The van der Waals surface area contributed by atoms with Crippen molar-refractivity contribution in [1.29, 1.82) is 0 Å². The van der Waals surface area contributed by atoms with Gasteiger partial charge in [0.2, 0.25) is 0 Å². The molecule has 1 saturated carbocycles. The van der Waals surface area contributed by atoms with Crippen LogP contribution in [0.5, 0.6) is 0 Å². The summed E-state index contributed by atoms with van der Waals surface area (Å²) < 4.78 is 2.33. The summed E-state index contributed by atoms with van der Waals surface area (Å²) in [6, 6.07) is 3.11. The lowest BCUT2D eigenvalue weighted by Crippen LogP contribution is -2.50. The predicted molar refractivity (Wildman–Crippen MR) is 111 cm³/mol. The van der Waals surface area contributed by atoms with Crippen molar-refractivity contribution in [3.8, 4) is 0 Å². The van der Waals surface area contributed by atoms with Crippen LogP contribution in [0.1, 0.15) is 51.0 Å². The Morgan fingerprint density at radius 1 is 1.21 bits per heavy atom. The Balaban J connectivity index is 1.23. The maximum Gasteiger partial charge on any atom is 0.407 e. The first kappa shape index (κ1) is 18.4. The molecule has 2 aliphatic rings. The molecule has 1 aliphatic heterocycles. The first-order valence-corrected chi connectivity index (χ1v) is 10.7. The van der Waals surface area contributed by atoms with Gasteiger partial charge >= 0.3 is 6.09 Å². The van der Waals surface area contributed by atoms with Gasteiger partial charge in [0.15, 0.2) is 0 Å². The highest BCUT2D eigenvalue weighted by atomic mass is 16.4. The molecule has 0 unspecified atom stereocenters. The van der Waals surface area contributed by atoms with Crippen LogP contribution in [-0.4, -0.2) is 60.8 Å². The van der Waals surface area contributed by atoms with Crippen LogP contribution in [0.25, 0.3) is 22.1 Å². The van der Waals surface area contributed by atoms with E-state index < -0.39 is 6.09 Å². The Morgan fingerprint density at radius 3 is 2.90 bits per heavy atom. The smallest absolute Gasteiger partial charge is 0.407 e. The first-order chi connectivity index (χ1) is 14.2. The summed E-state index contributed by atoms with van der Waals surface area (Å²) in [6.07, 6.45) is 12.4. The molecule has 0 aromatic carbocycles. The highest BCUT2D eigenvalue weighted by molar-refractivity contribution is 6.00. The molecule has 1 aliphatic carbocycles. The van der Waals surface area contributed by atoms with E-state index in [4.69, 9.17) is 0 Å². The molecular formula is C21H28N6O2. The Morgan fingerprint density at radius 2 is 2.07 bits per heavy atom. The van der Waals surface area contributed by atoms with Gasteiger partial charge in [-0.1, -0.05) is 0 Å². The van der Waals surface area contributed by atoms with Gasteiger partial charge in [-0.25, -0.2) is 14.8 Å². The number of fused-ring (bicyclic) bond motifs is 3. The number of hydrogen-bond acceptors (Lipinski definition) is 4. The van der Waals surface area contributed by atoms with Crippen LogP contribution in [0, 0.1) is 0 Å². The van der Waals surface area contributed by atoms with Crippen molar-refractivity contribution in [1.82, 2.24) is 29.7 Å². The lowest BCUT2D eigenvalue weighted by atomic mass is 9.90. The number of aromatic nitrogens is 4. The van der Waals surface area contributed by atoms with Crippen LogP contribution < -0.4 is 5.32 Å². The van der Waals surface area contributed by atoms with Gasteiger partial charge in [-0.15, -0.1) is 0 Å². The van der Waals surface area contributed by atoms with Crippen LogP contribution in [0.15, 0.2) is 24.8 Å². The molecule has 3 aromatic heterocycles. The molecule has 154 valence electrons. The fourth-order valence-electron chi connectivity index (χ4n) is 5.13. The number of piperidine rings is 1. The Labute approximate surface area is 169 Å². The molecule has 0 radical (unpaired) electrons. The fourth-order valence-corrected chi connectivity index (χ4v) is 5.13. The normalized spacial score (nSPS) is 25.7. The average molecular weight is 396 g/mol. The van der Waals surface area contributed by atoms with E-state index in [1.54, 1.807) is 4.90 Å². The molecule has 8 nitrogen and oxygen atoms in total. The molecule has 3 N–H and O–H groups in total. The Kier molecular flexibility index (Phi) is 4.87. The number of amides is 1. The van der Waals surface area contributed by atoms with Crippen molar-refractivity contribution < 1.29 is 9.90 Å². The quantitative estimate of drug-likeness (QED) is 0.627. The van der Waals surface area contributed by atoms with E-state index in [9.17, 15) is 9.90 Å². The van der Waals surface area contributed by atoms with E-state index in [0.29, 0.717) is 18.6 Å². The number of imidazole rings is 1. The summed E-state index contributed by atoms with van der Waals surface area (Å²) >= 11 is 0. The van der Waals surface area contributed by atoms with Crippen LogP contribution >= 0.6 is 0 Å². The third-order valence-electron chi connectivity index (χ3n) is 6.72. The first-order valence-electron chi connectivity index (χ1n) is 10.7. The fraction of sp³-hybridized carbons (Fsp3) is 0.571. The zero-order valence-electron chi connectivity index (χ0n) is 16.5. The molecule has 5 rings (SSSR count). The molecule has 2 fully saturated rings. The molecule has 0 spiro atoms. The van der Waals surface area contributed by atoms with Gasteiger partial charge in [0.05, 0.1) is 18.0 Å². The SMILES string of the molecule is O=C(O)N1CCCC[C@@H]1CNC1CCC(n2cnc3cnc4[nH]ccc4c32)CC1. The minimum atomic E-state index is -0.780. The van der Waals surface area contributed by atoms with Crippen molar-refractivity contribution in [3.63, 3.8) is 0 Å². The maximum atomic E-state index is 11.5. The maximum absolute atomic E-state index is 11.5. The zero-order valence-corrected chi connectivity index (χ0v) is 16.5. The summed E-state index contributed by atoms with van der Waals surface area (Å²) in [5, 5.41) is 14.2. The van der Waals surface area contributed by atoms with E-state index in [2.05, 4.69) is 30.9 Å². The van der Waals surface area contributed by atoms with Crippen LogP contribution in [0.4, 0.5) is 4.79 Å². The van der Waals surface area contributed by atoms with Crippen molar-refractivity contribution in [2.24, 2.45) is 0 Å². The number of carboxylic acid groups (broad SMARTS) is 1. The average Bonchev–Trinajstić information content (AvgIpc) is 3.39. The number of nitrogens with one attached hydrogen (secondary N) is 2. The number of likely N-dealkylation sites (tertiary alicyclic amines) is 1. The highest BCUT2D eigenvalue weighted by Gasteiger charge is 2.28. The zero-order chi connectivity index (χ0) is 19.8. The highest BCUT2D eigenvalue weighted by Crippen LogP contribution is 2.33. The lowest BCUT2D eigenvalue weighted by Gasteiger charge is -2.36. The standard InChI is InChI=1S/C21H28N6O2/c28-21(29)26-10-2-1-3-16(26)11-23-14-4-6-15(7-5-14)27-13-25-18-12-24-20-17(19(18)27)8-9-22-20/h8-9,12-16,23H,1-7,10-11H2,(H,22,24)(H,28,29)/t14?,15?,16-/m1/s1. The van der Waals surface area contributed by atoms with Gasteiger partial charge in [-0.3, -0.25) is 0 Å². The summed E-state index contributed by atoms with van der Waals surface area (Å²) in [5.74, 6) is 0. The summed E-state index contributed by atoms with van der Waals surface area (Å²) in [5.41, 5.74) is 3.03. The van der Waals surface area contributed by atoms with E-state index in [1.165, 1.54) is 5.52 Å². The van der Waals surface area contributed by atoms with E-state index in [0.717, 1.165) is 68.0 Å². The van der Waals surface area contributed by atoms with E-state index in [-0.39, 0.29) is 6.04 Å². The number of H-pyrrole nitrogens is 1. The number of hydrogen-bond donors (Lipinski definition) is 3. The molecule has 0 bridgehead atoms. The predicted octanol–water partition coefficient (Wildman–Crippen LogP) is 3.52. The van der Waals surface area contributed by atoms with Gasteiger partial charge in [-0.2, -0.15) is 0 Å². The Bertz CT molecular complexity index is 1000. The largest absolute Gasteiger partial charge is 0.465 e. The minimum Gasteiger partial charge on any atom is -0.465 e. The van der Waals surface area contributed by atoms with Crippen molar-refractivity contribution >= 4 is 28.2 Å². The van der Waals surface area contributed by atoms with Gasteiger partial charge in [0.25, 0.3) is 0 Å². The number of pyridine rings is 1. The van der Waals surface area contributed by atoms with Crippen molar-refractivity contribution in [3.05, 3.63) is 24.8 Å². The molecule has 4 heterocycles. The van der Waals surface area contributed by atoms with Crippen LogP contribution in [-0.2, 0) is 0 Å². The number of aromatic amines is 1. The second-order valence-electron chi connectivity index (χ2n) is 8.42. The van der Waals surface area contributed by atoms with Gasteiger partial charge in [-0.05, 0) is 51.0 Å². The monoisotopic (exact) mass is 396 g/mol. The lowest BCUT2D eigenvalue weighted by molar-refractivity contribution is 0.104. The second kappa shape index (κ2) is 7.67. The van der Waals surface area contributed by atoms with Crippen molar-refractivity contribution in [2.75, 3.05) is 13.1 Å². The third kappa shape index (κ3) is 3.46. The number of nitrogens with zero attached hydrogens (tertiary/aromatic N) is 4. The summed E-state index contributed by atoms with van der Waals surface area (Å²) in [7, 11) is 0. The molecule has 3 aromatic rings. The molecule has 1 atom stereocenters. The Hall–Kier alpha value is -2.61. The molecule has 1 saturated heterocycles. The third-order valence-corrected chi connectivity index (χ3v) is 6.72. The van der Waals surface area contributed by atoms with Gasteiger partial charge in [0, 0.05) is 42.8 Å². The molecule has 29 heavy (non-hydrogen) atoms. The molecule has 8 heteroatoms. The van der Waals surface area contributed by atoms with E-state index >= 15 is 0 Å². The number of rotatable bonds is 4. The van der Waals surface area contributed by atoms with Crippen LogP contribution in [0.2, 0.25) is 0 Å². The minimum absolute atomic E-state index is 0.117. The van der Waals surface area contributed by atoms with Crippen molar-refractivity contribution in [2.45, 2.75) is 63.1 Å². The summed E-state index contributed by atoms with van der Waals surface area (Å²) in [4.78, 5) is 25.3.